The first-order valence-electron chi connectivity index (χ1n) is 17.2. The maximum atomic E-state index is 13.8. The number of allylic oxidation sites excluding steroid dienone is 1. The summed E-state index contributed by atoms with van der Waals surface area (Å²) in [5.74, 6) is -1.50. The molecule has 0 amide bonds. The molecule has 0 fully saturated rings. The van der Waals surface area contributed by atoms with Gasteiger partial charge in [-0.3, -0.25) is 0 Å². The molecule has 12 heteroatoms. The van der Waals surface area contributed by atoms with Gasteiger partial charge >= 0.3 is 29.0 Å². The van der Waals surface area contributed by atoms with Crippen molar-refractivity contribution in [3.05, 3.63) is 164 Å². The highest BCUT2D eigenvalue weighted by Gasteiger charge is 2.25. The topological polar surface area (TPSA) is 159 Å². The van der Waals surface area contributed by atoms with Crippen molar-refractivity contribution in [2.75, 3.05) is 13.2 Å². The lowest BCUT2D eigenvalue weighted by Gasteiger charge is -2.20. The summed E-state index contributed by atoms with van der Waals surface area (Å²) in [6.07, 6.45) is -1.65. The maximum absolute atomic E-state index is 13.8. The van der Waals surface area contributed by atoms with E-state index in [9.17, 15) is 34.2 Å². The van der Waals surface area contributed by atoms with Gasteiger partial charge in [-0.15, -0.1) is 6.58 Å². The second-order valence-electron chi connectivity index (χ2n) is 12.8. The summed E-state index contributed by atoms with van der Waals surface area (Å²) in [5, 5.41) is 27.0. The second-order valence-corrected chi connectivity index (χ2v) is 12.8. The number of nitrogens with zero attached hydrogens (tertiary/aromatic N) is 3. The van der Waals surface area contributed by atoms with Gasteiger partial charge in [0.2, 0.25) is 0 Å². The van der Waals surface area contributed by atoms with Gasteiger partial charge in [0.05, 0.1) is 37.4 Å². The molecule has 0 spiro atoms. The number of aromatic nitrogens is 3. The number of aliphatic hydroxyl groups excluding tert-OH is 2. The number of carbonyl (C=O) groups excluding carboxylic acids is 2. The fraction of sp³-hybridized carbons (Fsp3) is 0.167. The van der Waals surface area contributed by atoms with E-state index < -0.39 is 67.5 Å². The van der Waals surface area contributed by atoms with E-state index in [1.807, 2.05) is 60.7 Å². The van der Waals surface area contributed by atoms with Crippen LogP contribution in [0.25, 0.3) is 43.1 Å². The summed E-state index contributed by atoms with van der Waals surface area (Å²) in [4.78, 5) is 67.9. The van der Waals surface area contributed by atoms with Crippen LogP contribution in [-0.2, 0) is 29.1 Å². The summed E-state index contributed by atoms with van der Waals surface area (Å²) >= 11 is 0. The van der Waals surface area contributed by atoms with E-state index in [2.05, 4.69) is 6.58 Å². The number of fused-ring (bicyclic) bond motifs is 4. The van der Waals surface area contributed by atoms with Gasteiger partial charge in [0.1, 0.15) is 18.8 Å². The van der Waals surface area contributed by atoms with Crippen molar-refractivity contribution in [3.8, 4) is 0 Å². The Labute approximate surface area is 307 Å². The van der Waals surface area contributed by atoms with E-state index >= 15 is 0 Å². The minimum absolute atomic E-state index is 0.248. The Morgan fingerprint density at radius 1 is 0.630 bits per heavy atom. The minimum Gasteiger partial charge on any atom is -0.459 e. The highest BCUT2D eigenvalue weighted by molar-refractivity contribution is 6.17. The van der Waals surface area contributed by atoms with Crippen LogP contribution in [0, 0.1) is 0 Å². The molecule has 2 unspecified atom stereocenters. The van der Waals surface area contributed by atoms with Gasteiger partial charge in [-0.25, -0.2) is 37.7 Å². The Morgan fingerprint density at radius 3 is 1.48 bits per heavy atom. The van der Waals surface area contributed by atoms with Crippen molar-refractivity contribution >= 4 is 55.0 Å². The number of hydrogen-bond donors (Lipinski definition) is 2. The van der Waals surface area contributed by atoms with Crippen LogP contribution in [0.1, 0.15) is 20.7 Å². The lowest BCUT2D eigenvalue weighted by atomic mass is 9.97. The standard InChI is InChI=1S/C42H35N3O9/c1-2-19-43-40(50)44(22-30(47)25-53-38(48)36-32-15-7-3-11-26(32)20-27-12-4-8-16-33(27)36)42(52)45(41(43)51)23-31(24-46)54-39(49)37-34-17-9-5-13-28(34)21-29-14-6-10-18-35(29)37/h2-18,20-21,30-31,46-47H,1,19,22-25H2. The molecule has 0 aliphatic heterocycles. The molecule has 7 rings (SSSR count). The Kier molecular flexibility index (Phi) is 10.0. The van der Waals surface area contributed by atoms with E-state index in [1.54, 1.807) is 48.5 Å². The SMILES string of the molecule is C=CCn1c(=O)n(CC(O)COC(=O)c2c3ccccc3cc3ccccc23)c(=O)n(CC(CO)OC(=O)c2c3ccccc3cc3ccccc23)c1=O. The van der Waals surface area contributed by atoms with Crippen molar-refractivity contribution in [3.63, 3.8) is 0 Å². The number of rotatable bonds is 12. The first kappa shape index (κ1) is 35.8. The summed E-state index contributed by atoms with van der Waals surface area (Å²) in [6, 6.07) is 33.0. The third-order valence-corrected chi connectivity index (χ3v) is 9.31. The van der Waals surface area contributed by atoms with Crippen LogP contribution in [0.3, 0.4) is 0 Å². The fourth-order valence-corrected chi connectivity index (χ4v) is 6.80. The van der Waals surface area contributed by atoms with Gasteiger partial charge in [0.15, 0.2) is 0 Å². The zero-order valence-electron chi connectivity index (χ0n) is 29.0. The van der Waals surface area contributed by atoms with Gasteiger partial charge in [-0.1, -0.05) is 103 Å². The third-order valence-electron chi connectivity index (χ3n) is 9.31. The third kappa shape index (κ3) is 6.71. The molecule has 54 heavy (non-hydrogen) atoms. The summed E-state index contributed by atoms with van der Waals surface area (Å²) < 4.78 is 13.3. The van der Waals surface area contributed by atoms with Crippen LogP contribution in [0.5, 0.6) is 0 Å². The highest BCUT2D eigenvalue weighted by Crippen LogP contribution is 2.30. The van der Waals surface area contributed by atoms with Crippen LogP contribution < -0.4 is 17.1 Å². The number of aliphatic hydroxyl groups is 2. The average molecular weight is 726 g/mol. The molecule has 2 atom stereocenters. The van der Waals surface area contributed by atoms with Crippen LogP contribution in [0.15, 0.2) is 136 Å². The lowest BCUT2D eigenvalue weighted by molar-refractivity contribution is 0.00742. The molecule has 0 saturated carbocycles. The zero-order chi connectivity index (χ0) is 37.9. The molecule has 0 aliphatic carbocycles. The van der Waals surface area contributed by atoms with Crippen molar-refractivity contribution in [1.82, 2.24) is 13.7 Å². The average Bonchev–Trinajstić information content (AvgIpc) is 3.19. The summed E-state index contributed by atoms with van der Waals surface area (Å²) in [7, 11) is 0. The molecular formula is C42H35N3O9. The van der Waals surface area contributed by atoms with E-state index in [1.165, 1.54) is 6.08 Å². The first-order chi connectivity index (χ1) is 26.2. The molecule has 0 bridgehead atoms. The summed E-state index contributed by atoms with van der Waals surface area (Å²) in [6.45, 7) is 0.694. The van der Waals surface area contributed by atoms with Gasteiger partial charge < -0.3 is 19.7 Å². The molecule has 272 valence electrons. The van der Waals surface area contributed by atoms with Crippen molar-refractivity contribution in [2.24, 2.45) is 0 Å². The van der Waals surface area contributed by atoms with Crippen molar-refractivity contribution in [2.45, 2.75) is 31.8 Å². The van der Waals surface area contributed by atoms with Crippen LogP contribution in [-0.4, -0.2) is 61.3 Å². The molecule has 0 saturated heterocycles. The quantitative estimate of drug-likeness (QED) is 0.106. The van der Waals surface area contributed by atoms with Gasteiger partial charge in [-0.2, -0.15) is 0 Å². The molecule has 6 aromatic carbocycles. The molecule has 0 radical (unpaired) electrons. The smallest absolute Gasteiger partial charge is 0.339 e. The Morgan fingerprint density at radius 2 is 1.04 bits per heavy atom. The normalized spacial score (nSPS) is 12.6. The lowest BCUT2D eigenvalue weighted by Crippen LogP contribution is -2.56. The van der Waals surface area contributed by atoms with Crippen LogP contribution in [0.2, 0.25) is 0 Å². The number of benzene rings is 6. The number of esters is 2. The molecule has 2 N–H and O–H groups in total. The van der Waals surface area contributed by atoms with E-state index in [4.69, 9.17) is 9.47 Å². The second kappa shape index (κ2) is 15.2. The number of ether oxygens (including phenoxy) is 2. The molecule has 12 nitrogen and oxygen atoms in total. The Balaban J connectivity index is 1.15. The Bertz CT molecular complexity index is 2670. The number of hydrogen-bond acceptors (Lipinski definition) is 9. The molecular weight excluding hydrogens is 690 g/mol. The molecule has 1 aromatic heterocycles. The van der Waals surface area contributed by atoms with E-state index in [0.29, 0.717) is 36.2 Å². The van der Waals surface area contributed by atoms with Gasteiger partial charge in [0, 0.05) is 0 Å². The van der Waals surface area contributed by atoms with Crippen molar-refractivity contribution in [1.29, 1.82) is 0 Å². The highest BCUT2D eigenvalue weighted by atomic mass is 16.6. The molecule has 1 heterocycles. The summed E-state index contributed by atoms with van der Waals surface area (Å²) in [5.41, 5.74) is -2.64. The zero-order valence-corrected chi connectivity index (χ0v) is 29.0. The van der Waals surface area contributed by atoms with E-state index in [0.717, 1.165) is 26.1 Å². The van der Waals surface area contributed by atoms with Gasteiger partial charge in [-0.05, 0) is 55.2 Å². The largest absolute Gasteiger partial charge is 0.459 e. The van der Waals surface area contributed by atoms with Crippen LogP contribution in [0.4, 0.5) is 0 Å². The maximum Gasteiger partial charge on any atom is 0.339 e. The van der Waals surface area contributed by atoms with Gasteiger partial charge in [0.25, 0.3) is 0 Å². The fourth-order valence-electron chi connectivity index (χ4n) is 6.80. The van der Waals surface area contributed by atoms with Crippen LogP contribution >= 0.6 is 0 Å². The minimum atomic E-state index is -1.55. The number of carbonyl (C=O) groups is 2. The van der Waals surface area contributed by atoms with Crippen molar-refractivity contribution < 1.29 is 29.3 Å². The molecule has 7 aromatic rings. The van der Waals surface area contributed by atoms with E-state index in [-0.39, 0.29) is 12.1 Å². The molecule has 0 aliphatic rings. The Hall–Kier alpha value is -6.63. The first-order valence-corrected chi connectivity index (χ1v) is 17.2. The predicted molar refractivity (Wildman–Crippen MR) is 205 cm³/mol. The monoisotopic (exact) mass is 725 g/mol. The predicted octanol–water partition coefficient (Wildman–Crippen LogP) is 4.41.